The second kappa shape index (κ2) is 5.80. The van der Waals surface area contributed by atoms with Crippen molar-refractivity contribution in [1.29, 1.82) is 0 Å². The molecule has 2 rings (SSSR count). The number of amides is 2. The zero-order chi connectivity index (χ0) is 14.8. The average molecular weight is 291 g/mol. The van der Waals surface area contributed by atoms with Crippen LogP contribution >= 0.6 is 0 Å². The number of rotatable bonds is 2. The largest absolute Gasteiger partial charge is 0.391 e. The summed E-state index contributed by atoms with van der Waals surface area (Å²) >= 11 is 0. The van der Waals surface area contributed by atoms with Gasteiger partial charge in [-0.15, -0.1) is 0 Å². The molecule has 1 saturated carbocycles. The Kier molecular flexibility index (Phi) is 4.29. The van der Waals surface area contributed by atoms with E-state index in [2.05, 4.69) is 15.8 Å². The molecule has 0 atom stereocenters. The molecule has 0 aromatic rings. The Hall–Kier alpha value is -1.60. The van der Waals surface area contributed by atoms with Crippen LogP contribution in [0.1, 0.15) is 38.5 Å². The fourth-order valence-corrected chi connectivity index (χ4v) is 2.47. The summed E-state index contributed by atoms with van der Waals surface area (Å²) in [5, 5.41) is 6.34. The number of hydrogen-bond donors (Lipinski definition) is 2. The minimum atomic E-state index is -4.15. The lowest BCUT2D eigenvalue weighted by atomic mass is 9.85. The fraction of sp³-hybridized carbons (Fsp3) is 0.750. The highest BCUT2D eigenvalue weighted by molar-refractivity contribution is 6.39. The van der Waals surface area contributed by atoms with Gasteiger partial charge in [-0.25, -0.2) is 5.43 Å². The summed E-state index contributed by atoms with van der Waals surface area (Å²) in [5.41, 5.74) is 2.44. The third kappa shape index (κ3) is 3.71. The van der Waals surface area contributed by atoms with Crippen LogP contribution in [0.2, 0.25) is 0 Å². The van der Waals surface area contributed by atoms with Gasteiger partial charge in [0.05, 0.1) is 5.92 Å². The van der Waals surface area contributed by atoms with Crippen LogP contribution in [-0.2, 0) is 9.59 Å². The Morgan fingerprint density at radius 3 is 2.35 bits per heavy atom. The number of hydrazone groups is 1. The lowest BCUT2D eigenvalue weighted by Crippen LogP contribution is -2.44. The monoisotopic (exact) mass is 291 g/mol. The first kappa shape index (κ1) is 14.8. The van der Waals surface area contributed by atoms with E-state index in [9.17, 15) is 22.8 Å². The van der Waals surface area contributed by atoms with Gasteiger partial charge in [-0.2, -0.15) is 18.3 Å². The molecule has 0 saturated heterocycles. The van der Waals surface area contributed by atoms with Gasteiger partial charge in [0.25, 0.3) is 5.91 Å². The van der Waals surface area contributed by atoms with Crippen molar-refractivity contribution < 1.29 is 22.8 Å². The number of carbonyl (C=O) groups excluding carboxylic acids is 2. The number of nitrogens with zero attached hydrogens (tertiary/aromatic N) is 1. The lowest BCUT2D eigenvalue weighted by Gasteiger charge is -2.30. The lowest BCUT2D eigenvalue weighted by molar-refractivity contribution is -0.182. The minimum Gasteiger partial charge on any atom is -0.348 e. The first-order chi connectivity index (χ1) is 9.36. The van der Waals surface area contributed by atoms with E-state index < -0.39 is 18.0 Å². The Labute approximate surface area is 114 Å². The number of carbonyl (C=O) groups is 2. The van der Waals surface area contributed by atoms with Crippen LogP contribution in [0.5, 0.6) is 0 Å². The van der Waals surface area contributed by atoms with Crippen molar-refractivity contribution in [1.82, 2.24) is 10.7 Å². The number of nitrogens with one attached hydrogen (secondary N) is 2. The van der Waals surface area contributed by atoms with Crippen LogP contribution in [-0.4, -0.2) is 29.7 Å². The molecule has 1 fully saturated rings. The molecule has 112 valence electrons. The molecule has 8 heteroatoms. The van der Waals surface area contributed by atoms with Crippen LogP contribution in [0.3, 0.4) is 0 Å². The van der Waals surface area contributed by atoms with Gasteiger partial charge in [0.2, 0.25) is 5.91 Å². The van der Waals surface area contributed by atoms with Crippen molar-refractivity contribution >= 4 is 17.5 Å². The highest BCUT2D eigenvalue weighted by atomic mass is 19.4. The van der Waals surface area contributed by atoms with Gasteiger partial charge in [-0.3, -0.25) is 9.59 Å². The molecule has 1 heterocycles. The van der Waals surface area contributed by atoms with E-state index in [1.165, 1.54) is 0 Å². The number of halogens is 3. The molecule has 0 spiro atoms. The van der Waals surface area contributed by atoms with Crippen LogP contribution in [0.25, 0.3) is 0 Å². The molecule has 2 aliphatic rings. The predicted molar refractivity (Wildman–Crippen MR) is 64.8 cm³/mol. The zero-order valence-corrected chi connectivity index (χ0v) is 10.8. The summed E-state index contributed by atoms with van der Waals surface area (Å²) < 4.78 is 37.5. The van der Waals surface area contributed by atoms with Crippen LogP contribution in [0.15, 0.2) is 5.10 Å². The second-order valence-corrected chi connectivity index (χ2v) is 5.16. The van der Waals surface area contributed by atoms with Gasteiger partial charge in [-0.05, 0) is 25.7 Å². The van der Waals surface area contributed by atoms with Crippen molar-refractivity contribution in [3.05, 3.63) is 0 Å². The SMILES string of the molecule is O=C1CCC(C(=O)NC2CCC(C(F)(F)F)CC2)=NN1. The molecule has 0 aromatic heterocycles. The number of hydrogen-bond acceptors (Lipinski definition) is 3. The first-order valence-electron chi connectivity index (χ1n) is 6.59. The smallest absolute Gasteiger partial charge is 0.348 e. The maximum Gasteiger partial charge on any atom is 0.391 e. The van der Waals surface area contributed by atoms with Crippen LogP contribution in [0.4, 0.5) is 13.2 Å². The van der Waals surface area contributed by atoms with Gasteiger partial charge in [0.1, 0.15) is 5.71 Å². The quantitative estimate of drug-likeness (QED) is 0.809. The molecule has 1 aliphatic heterocycles. The van der Waals surface area contributed by atoms with E-state index in [1.807, 2.05) is 0 Å². The summed E-state index contributed by atoms with van der Waals surface area (Å²) in [5.74, 6) is -1.91. The summed E-state index contributed by atoms with van der Waals surface area (Å²) in [6, 6.07) is -0.249. The Balaban J connectivity index is 1.81. The van der Waals surface area contributed by atoms with Crippen molar-refractivity contribution in [2.75, 3.05) is 0 Å². The topological polar surface area (TPSA) is 70.6 Å². The molecule has 2 N–H and O–H groups in total. The van der Waals surface area contributed by atoms with Crippen molar-refractivity contribution in [2.45, 2.75) is 50.7 Å². The van der Waals surface area contributed by atoms with E-state index in [4.69, 9.17) is 0 Å². The van der Waals surface area contributed by atoms with E-state index in [1.54, 1.807) is 0 Å². The fourth-order valence-electron chi connectivity index (χ4n) is 2.47. The number of alkyl halides is 3. The van der Waals surface area contributed by atoms with E-state index >= 15 is 0 Å². The molecular weight excluding hydrogens is 275 g/mol. The van der Waals surface area contributed by atoms with Crippen LogP contribution < -0.4 is 10.7 Å². The van der Waals surface area contributed by atoms with Gasteiger partial charge < -0.3 is 5.32 Å². The standard InChI is InChI=1S/C12H16F3N3O2/c13-12(14,15)7-1-3-8(4-2-7)16-11(20)9-5-6-10(19)18-17-9/h7-8H,1-6H2,(H,16,20)(H,18,19). The first-order valence-corrected chi connectivity index (χ1v) is 6.59. The molecule has 20 heavy (non-hydrogen) atoms. The normalized spacial score (nSPS) is 27.6. The van der Waals surface area contributed by atoms with Gasteiger partial charge in [-0.1, -0.05) is 0 Å². The zero-order valence-electron chi connectivity index (χ0n) is 10.8. The van der Waals surface area contributed by atoms with Crippen LogP contribution in [0, 0.1) is 5.92 Å². The molecule has 0 bridgehead atoms. The van der Waals surface area contributed by atoms with E-state index in [0.29, 0.717) is 12.8 Å². The summed E-state index contributed by atoms with van der Waals surface area (Å²) in [6.07, 6.45) is -2.98. The molecule has 0 radical (unpaired) electrons. The Morgan fingerprint density at radius 2 is 1.85 bits per heavy atom. The van der Waals surface area contributed by atoms with E-state index in [0.717, 1.165) is 0 Å². The molecule has 2 amide bonds. The summed E-state index contributed by atoms with van der Waals surface area (Å²) in [4.78, 5) is 22.7. The third-order valence-electron chi connectivity index (χ3n) is 3.69. The average Bonchev–Trinajstić information content (AvgIpc) is 2.39. The Bertz CT molecular complexity index is 426. The van der Waals surface area contributed by atoms with Gasteiger partial charge >= 0.3 is 6.18 Å². The third-order valence-corrected chi connectivity index (χ3v) is 3.69. The summed E-state index contributed by atoms with van der Waals surface area (Å²) in [6.45, 7) is 0. The molecule has 0 aromatic carbocycles. The van der Waals surface area contributed by atoms with Crippen molar-refractivity contribution in [3.8, 4) is 0 Å². The highest BCUT2D eigenvalue weighted by Crippen LogP contribution is 2.37. The maximum atomic E-state index is 12.5. The minimum absolute atomic E-state index is 0.0393. The molecule has 0 unspecified atom stereocenters. The van der Waals surface area contributed by atoms with E-state index in [-0.39, 0.29) is 43.3 Å². The van der Waals surface area contributed by atoms with Gasteiger partial charge in [0.15, 0.2) is 0 Å². The predicted octanol–water partition coefficient (Wildman–Crippen LogP) is 1.49. The highest BCUT2D eigenvalue weighted by Gasteiger charge is 2.41. The van der Waals surface area contributed by atoms with Gasteiger partial charge in [0, 0.05) is 18.9 Å². The van der Waals surface area contributed by atoms with Crippen molar-refractivity contribution in [3.63, 3.8) is 0 Å². The molecular formula is C12H16F3N3O2. The molecule has 5 nitrogen and oxygen atoms in total. The Morgan fingerprint density at radius 1 is 1.20 bits per heavy atom. The molecule has 1 aliphatic carbocycles. The summed E-state index contributed by atoms with van der Waals surface area (Å²) in [7, 11) is 0. The second-order valence-electron chi connectivity index (χ2n) is 5.16. The van der Waals surface area contributed by atoms with Crippen molar-refractivity contribution in [2.24, 2.45) is 11.0 Å². The maximum absolute atomic E-state index is 12.5.